The summed E-state index contributed by atoms with van der Waals surface area (Å²) in [4.78, 5) is 53.9. The van der Waals surface area contributed by atoms with Gasteiger partial charge in [0.25, 0.3) is 11.8 Å². The van der Waals surface area contributed by atoms with Gasteiger partial charge in [0.05, 0.1) is 18.1 Å². The highest BCUT2D eigenvalue weighted by Gasteiger charge is 2.31. The van der Waals surface area contributed by atoms with Gasteiger partial charge in [0, 0.05) is 42.7 Å². The number of benzene rings is 3. The van der Waals surface area contributed by atoms with Crippen molar-refractivity contribution >= 4 is 23.7 Å². The fourth-order valence-electron chi connectivity index (χ4n) is 6.99. The summed E-state index contributed by atoms with van der Waals surface area (Å²) in [7, 11) is 0. The molecule has 9 nitrogen and oxygen atoms in total. The summed E-state index contributed by atoms with van der Waals surface area (Å²) < 4.78 is 28.5. The summed E-state index contributed by atoms with van der Waals surface area (Å²) in [5.74, 6) is -4.44. The van der Waals surface area contributed by atoms with Gasteiger partial charge < -0.3 is 25.7 Å². The number of amides is 3. The molecule has 3 amide bonds. The molecule has 0 radical (unpaired) electrons. The number of nitrogens with zero attached hydrogens (tertiary/aromatic N) is 1. The number of carbonyl (C=O) groups is 4. The van der Waals surface area contributed by atoms with Gasteiger partial charge in [0.2, 0.25) is 5.91 Å². The maximum absolute atomic E-state index is 14.3. The Hall–Kier alpha value is -4.64. The minimum absolute atomic E-state index is 0.0727. The average Bonchev–Trinajstić information content (AvgIpc) is 3.13. The summed E-state index contributed by atoms with van der Waals surface area (Å²) >= 11 is 0. The molecule has 0 heterocycles. The number of aliphatic carboxylic acids is 1. The van der Waals surface area contributed by atoms with Crippen LogP contribution in [0.15, 0.2) is 72.8 Å². The predicted octanol–water partition coefficient (Wildman–Crippen LogP) is 6.19. The number of carboxylic acid groups (broad SMARTS) is 1. The maximum Gasteiger partial charge on any atom is 0.306 e. The van der Waals surface area contributed by atoms with E-state index in [2.05, 4.69) is 10.6 Å². The van der Waals surface area contributed by atoms with Crippen LogP contribution in [0.3, 0.4) is 0 Å². The Morgan fingerprint density at radius 1 is 0.808 bits per heavy atom. The Morgan fingerprint density at radius 3 is 2.06 bits per heavy atom. The van der Waals surface area contributed by atoms with Crippen LogP contribution >= 0.6 is 0 Å². The van der Waals surface area contributed by atoms with E-state index in [9.17, 15) is 38.2 Å². The first-order valence-corrected chi connectivity index (χ1v) is 18.3. The van der Waals surface area contributed by atoms with E-state index in [1.165, 1.54) is 6.07 Å². The van der Waals surface area contributed by atoms with Crippen molar-refractivity contribution in [1.82, 2.24) is 15.5 Å². The van der Waals surface area contributed by atoms with Crippen molar-refractivity contribution in [2.75, 3.05) is 19.6 Å². The fourth-order valence-corrected chi connectivity index (χ4v) is 6.99. The molecule has 3 aromatic carbocycles. The summed E-state index contributed by atoms with van der Waals surface area (Å²) in [6.45, 7) is 5.49. The van der Waals surface area contributed by atoms with Crippen LogP contribution in [0.2, 0.25) is 0 Å². The lowest BCUT2D eigenvalue weighted by Gasteiger charge is -2.29. The molecule has 1 aliphatic rings. The van der Waals surface area contributed by atoms with Crippen molar-refractivity contribution in [2.24, 2.45) is 17.8 Å². The number of rotatable bonds is 18. The van der Waals surface area contributed by atoms with Gasteiger partial charge in [0.15, 0.2) is 0 Å². The number of hydrogen-bond acceptors (Lipinski definition) is 5. The molecule has 3 aromatic rings. The third kappa shape index (κ3) is 12.0. The summed E-state index contributed by atoms with van der Waals surface area (Å²) in [5.41, 5.74) is 1.60. The molecule has 4 rings (SSSR count). The van der Waals surface area contributed by atoms with Gasteiger partial charge >= 0.3 is 5.97 Å². The van der Waals surface area contributed by atoms with E-state index in [-0.39, 0.29) is 47.6 Å². The molecule has 0 aliphatic heterocycles. The Labute approximate surface area is 304 Å². The highest BCUT2D eigenvalue weighted by atomic mass is 19.1. The van der Waals surface area contributed by atoms with Crippen LogP contribution in [0.1, 0.15) is 90.6 Å². The highest BCUT2D eigenvalue weighted by Crippen LogP contribution is 2.29. The first kappa shape index (κ1) is 40.1. The number of carboxylic acids is 1. The smallest absolute Gasteiger partial charge is 0.306 e. The van der Waals surface area contributed by atoms with E-state index in [0.29, 0.717) is 57.3 Å². The molecule has 0 spiro atoms. The van der Waals surface area contributed by atoms with Crippen molar-refractivity contribution in [1.29, 1.82) is 0 Å². The minimum Gasteiger partial charge on any atom is -0.481 e. The third-order valence-electron chi connectivity index (χ3n) is 9.79. The van der Waals surface area contributed by atoms with Gasteiger partial charge in [-0.05, 0) is 105 Å². The van der Waals surface area contributed by atoms with Gasteiger partial charge in [-0.15, -0.1) is 0 Å². The van der Waals surface area contributed by atoms with Crippen molar-refractivity contribution in [3.8, 4) is 0 Å². The molecule has 280 valence electrons. The molecule has 11 heteroatoms. The summed E-state index contributed by atoms with van der Waals surface area (Å²) in [5, 5.41) is 26.9. The molecular weight excluding hydrogens is 668 g/mol. The first-order valence-electron chi connectivity index (χ1n) is 18.3. The van der Waals surface area contributed by atoms with Crippen LogP contribution < -0.4 is 10.6 Å². The van der Waals surface area contributed by atoms with Gasteiger partial charge in [-0.2, -0.15) is 0 Å². The van der Waals surface area contributed by atoms with E-state index < -0.39 is 41.6 Å². The number of halogens is 2. The monoisotopic (exact) mass is 719 g/mol. The van der Waals surface area contributed by atoms with E-state index >= 15 is 0 Å². The quantitative estimate of drug-likeness (QED) is 0.124. The van der Waals surface area contributed by atoms with Gasteiger partial charge in [-0.3, -0.25) is 19.2 Å². The molecule has 3 atom stereocenters. The molecule has 1 fully saturated rings. The van der Waals surface area contributed by atoms with Crippen molar-refractivity contribution < 1.29 is 38.2 Å². The normalized spacial score (nSPS) is 17.4. The molecule has 1 aliphatic carbocycles. The second-order valence-electron chi connectivity index (χ2n) is 13.9. The zero-order valence-electron chi connectivity index (χ0n) is 30.0. The zero-order valence-corrected chi connectivity index (χ0v) is 30.0. The third-order valence-corrected chi connectivity index (χ3v) is 9.79. The molecule has 3 unspecified atom stereocenters. The van der Waals surface area contributed by atoms with Crippen LogP contribution in [0.25, 0.3) is 0 Å². The Balaban J connectivity index is 1.55. The zero-order chi connectivity index (χ0) is 37.6. The van der Waals surface area contributed by atoms with E-state index in [4.69, 9.17) is 0 Å². The number of aliphatic hydroxyl groups excluding tert-OH is 1. The molecule has 0 aromatic heterocycles. The number of aliphatic hydroxyl groups is 1. The molecule has 4 N–H and O–H groups in total. The van der Waals surface area contributed by atoms with Crippen LogP contribution in [-0.2, 0) is 22.4 Å². The Morgan fingerprint density at radius 2 is 1.44 bits per heavy atom. The summed E-state index contributed by atoms with van der Waals surface area (Å²) in [6, 6.07) is 17.6. The maximum atomic E-state index is 14.3. The molecular formula is C41H51F2N3O6. The minimum atomic E-state index is -1.31. The molecule has 1 saturated carbocycles. The largest absolute Gasteiger partial charge is 0.481 e. The van der Waals surface area contributed by atoms with Gasteiger partial charge in [-0.1, -0.05) is 50.2 Å². The van der Waals surface area contributed by atoms with E-state index in [1.54, 1.807) is 23.1 Å². The Kier molecular flexibility index (Phi) is 15.3. The standard InChI is InChI=1S/C41H51F2N3O6/c1-3-17-46(18-4-2)40(50)32-12-8-11-31(23-32)39(49)45-36(22-29-20-34(42)25-35(43)21-29)37(47)24-33(19-27-9-6-5-7-10-27)38(48)44-26-28-13-15-30(16-14-28)41(51)52/h5-12,20-21,23,25,28,30,33,36-37,47H,3-4,13-19,22,24,26H2,1-2H3,(H,44,48)(H,45,49)(H,51,52). The van der Waals surface area contributed by atoms with Crippen LogP contribution in [0.5, 0.6) is 0 Å². The molecule has 0 saturated heterocycles. The first-order chi connectivity index (χ1) is 25.0. The molecule has 52 heavy (non-hydrogen) atoms. The van der Waals surface area contributed by atoms with Crippen molar-refractivity contribution in [3.63, 3.8) is 0 Å². The number of hydrogen-bond donors (Lipinski definition) is 4. The van der Waals surface area contributed by atoms with Gasteiger partial charge in [-0.25, -0.2) is 8.78 Å². The van der Waals surface area contributed by atoms with Gasteiger partial charge in [0.1, 0.15) is 11.6 Å². The predicted molar refractivity (Wildman–Crippen MR) is 195 cm³/mol. The van der Waals surface area contributed by atoms with E-state index in [0.717, 1.165) is 36.6 Å². The van der Waals surface area contributed by atoms with Crippen molar-refractivity contribution in [3.05, 3.63) is 107 Å². The average molecular weight is 720 g/mol. The SMILES string of the molecule is CCCN(CCC)C(=O)c1cccc(C(=O)NC(Cc2cc(F)cc(F)c2)C(O)CC(Cc2ccccc2)C(=O)NCC2CCC(C(=O)O)CC2)c1. The van der Waals surface area contributed by atoms with Crippen molar-refractivity contribution in [2.45, 2.75) is 83.8 Å². The second kappa shape index (κ2) is 19.8. The lowest BCUT2D eigenvalue weighted by Crippen LogP contribution is -2.47. The highest BCUT2D eigenvalue weighted by molar-refractivity contribution is 5.99. The lowest BCUT2D eigenvalue weighted by molar-refractivity contribution is -0.143. The molecule has 0 bridgehead atoms. The number of nitrogens with one attached hydrogen (secondary N) is 2. The van der Waals surface area contributed by atoms with E-state index in [1.807, 2.05) is 44.2 Å². The topological polar surface area (TPSA) is 136 Å². The lowest BCUT2D eigenvalue weighted by atomic mass is 9.82. The second-order valence-corrected chi connectivity index (χ2v) is 13.9. The fraction of sp³-hybridized carbons (Fsp3) is 0.463. The van der Waals surface area contributed by atoms with Crippen LogP contribution in [0.4, 0.5) is 8.78 Å². The van der Waals surface area contributed by atoms with Crippen LogP contribution in [0, 0.1) is 29.4 Å². The number of carbonyl (C=O) groups excluding carboxylic acids is 3. The Bertz CT molecular complexity index is 1620. The summed E-state index contributed by atoms with van der Waals surface area (Å²) in [6.07, 6.45) is 2.81. The van der Waals surface area contributed by atoms with Crippen LogP contribution in [-0.4, -0.2) is 70.6 Å².